The third kappa shape index (κ3) is 4.37. The van der Waals surface area contributed by atoms with Crippen LogP contribution in [-0.2, 0) is 4.79 Å². The van der Waals surface area contributed by atoms with E-state index in [9.17, 15) is 10.1 Å². The van der Waals surface area contributed by atoms with Crippen LogP contribution in [0.4, 0.5) is 11.4 Å². The molecule has 4 heteroatoms. The number of fused-ring (bicyclic) bond motifs is 1. The summed E-state index contributed by atoms with van der Waals surface area (Å²) in [6, 6.07) is 12.2. The Balaban J connectivity index is 1.98. The first kappa shape index (κ1) is 22.6. The molecule has 2 aromatic carbocycles. The average molecular weight is 416 g/mol. The molecule has 1 atom stereocenters. The van der Waals surface area contributed by atoms with Gasteiger partial charge in [0.25, 0.3) is 5.91 Å². The molecule has 0 unspecified atom stereocenters. The smallest absolute Gasteiger partial charge is 0.266 e. The zero-order valence-corrected chi connectivity index (χ0v) is 19.8. The first-order chi connectivity index (χ1) is 14.6. The average Bonchev–Trinajstić information content (AvgIpc) is 2.69. The minimum absolute atomic E-state index is 0.105. The van der Waals surface area contributed by atoms with Gasteiger partial charge in [0, 0.05) is 23.5 Å². The number of rotatable bonds is 4. The summed E-state index contributed by atoms with van der Waals surface area (Å²) in [6.45, 7) is 16.0. The Morgan fingerprint density at radius 1 is 1.26 bits per heavy atom. The molecular formula is C27H33N3O. The lowest BCUT2D eigenvalue weighted by Crippen LogP contribution is -2.48. The van der Waals surface area contributed by atoms with E-state index in [1.165, 1.54) is 11.3 Å². The van der Waals surface area contributed by atoms with Crippen molar-refractivity contribution in [1.82, 2.24) is 0 Å². The number of benzene rings is 2. The predicted octanol–water partition coefficient (Wildman–Crippen LogP) is 6.27. The highest BCUT2D eigenvalue weighted by atomic mass is 16.1. The summed E-state index contributed by atoms with van der Waals surface area (Å²) < 4.78 is 0. The van der Waals surface area contributed by atoms with Crippen molar-refractivity contribution in [2.75, 3.05) is 16.8 Å². The second-order valence-corrected chi connectivity index (χ2v) is 9.30. The van der Waals surface area contributed by atoms with Crippen LogP contribution in [-0.4, -0.2) is 18.0 Å². The molecule has 4 nitrogen and oxygen atoms in total. The number of hydrogen-bond donors (Lipinski definition) is 1. The molecule has 1 amide bonds. The summed E-state index contributed by atoms with van der Waals surface area (Å²) >= 11 is 0. The van der Waals surface area contributed by atoms with Crippen LogP contribution in [0.3, 0.4) is 0 Å². The van der Waals surface area contributed by atoms with Crippen molar-refractivity contribution in [2.45, 2.75) is 66.3 Å². The van der Waals surface area contributed by atoms with E-state index in [0.29, 0.717) is 5.92 Å². The van der Waals surface area contributed by atoms with Crippen molar-refractivity contribution in [3.8, 4) is 6.07 Å². The predicted molar refractivity (Wildman–Crippen MR) is 129 cm³/mol. The van der Waals surface area contributed by atoms with Crippen LogP contribution in [0.1, 0.15) is 67.9 Å². The summed E-state index contributed by atoms with van der Waals surface area (Å²) in [7, 11) is 0. The normalized spacial score (nSPS) is 17.7. The van der Waals surface area contributed by atoms with E-state index in [2.05, 4.69) is 56.1 Å². The maximum absolute atomic E-state index is 12.8. The van der Waals surface area contributed by atoms with Gasteiger partial charge in [0.1, 0.15) is 11.6 Å². The number of nitrogens with zero attached hydrogens (tertiary/aromatic N) is 2. The van der Waals surface area contributed by atoms with Crippen LogP contribution in [0.5, 0.6) is 0 Å². The van der Waals surface area contributed by atoms with Crippen molar-refractivity contribution in [3.05, 3.63) is 63.7 Å². The van der Waals surface area contributed by atoms with Gasteiger partial charge in [0.05, 0.1) is 0 Å². The van der Waals surface area contributed by atoms with Gasteiger partial charge < -0.3 is 10.2 Å². The molecule has 1 N–H and O–H groups in total. The van der Waals surface area contributed by atoms with E-state index in [-0.39, 0.29) is 17.0 Å². The SMILES string of the molecule is CCN1c2cc(C)c(/C=C(/C#N)C(=O)Nc3cccc(C)c3C)cc2[C@H](C)CC1(C)C. The Bertz CT molecular complexity index is 1090. The third-order valence-electron chi connectivity index (χ3n) is 6.61. The van der Waals surface area contributed by atoms with Crippen LogP contribution in [0.2, 0.25) is 0 Å². The van der Waals surface area contributed by atoms with Crippen molar-refractivity contribution in [1.29, 1.82) is 5.26 Å². The molecular weight excluding hydrogens is 382 g/mol. The van der Waals surface area contributed by atoms with Crippen molar-refractivity contribution >= 4 is 23.4 Å². The molecule has 0 aliphatic carbocycles. The third-order valence-corrected chi connectivity index (χ3v) is 6.61. The van der Waals surface area contributed by atoms with Gasteiger partial charge in [-0.05, 0) is 106 Å². The van der Waals surface area contributed by atoms with Crippen LogP contribution >= 0.6 is 0 Å². The number of carbonyl (C=O) groups excluding carboxylic acids is 1. The van der Waals surface area contributed by atoms with Crippen molar-refractivity contribution < 1.29 is 4.79 Å². The number of amides is 1. The summed E-state index contributed by atoms with van der Waals surface area (Å²) in [4.78, 5) is 15.3. The second kappa shape index (κ2) is 8.59. The highest BCUT2D eigenvalue weighted by molar-refractivity contribution is 6.10. The number of aryl methyl sites for hydroxylation is 2. The van der Waals surface area contributed by atoms with Gasteiger partial charge in [-0.1, -0.05) is 19.1 Å². The largest absolute Gasteiger partial charge is 0.366 e. The van der Waals surface area contributed by atoms with E-state index in [1.54, 1.807) is 6.08 Å². The maximum atomic E-state index is 12.8. The first-order valence-electron chi connectivity index (χ1n) is 11.0. The molecule has 3 rings (SSSR count). The molecule has 0 spiro atoms. The van der Waals surface area contributed by atoms with E-state index < -0.39 is 0 Å². The fourth-order valence-electron chi connectivity index (χ4n) is 4.79. The minimum Gasteiger partial charge on any atom is -0.366 e. The zero-order chi connectivity index (χ0) is 22.9. The fraction of sp³-hybridized carbons (Fsp3) is 0.407. The second-order valence-electron chi connectivity index (χ2n) is 9.30. The molecule has 1 aliphatic heterocycles. The Morgan fingerprint density at radius 2 is 1.97 bits per heavy atom. The zero-order valence-electron chi connectivity index (χ0n) is 19.8. The number of nitrogens with one attached hydrogen (secondary N) is 1. The first-order valence-corrected chi connectivity index (χ1v) is 11.0. The van der Waals surface area contributed by atoms with E-state index in [4.69, 9.17) is 0 Å². The molecule has 0 saturated heterocycles. The molecule has 0 saturated carbocycles. The lowest BCUT2D eigenvalue weighted by molar-refractivity contribution is -0.112. The van der Waals surface area contributed by atoms with Gasteiger partial charge in [-0.2, -0.15) is 5.26 Å². The van der Waals surface area contributed by atoms with Crippen LogP contribution < -0.4 is 10.2 Å². The van der Waals surface area contributed by atoms with Gasteiger partial charge in [0.2, 0.25) is 0 Å². The highest BCUT2D eigenvalue weighted by Crippen LogP contribution is 2.44. The van der Waals surface area contributed by atoms with Crippen LogP contribution in [0.25, 0.3) is 6.08 Å². The van der Waals surface area contributed by atoms with Gasteiger partial charge in [-0.3, -0.25) is 4.79 Å². The monoisotopic (exact) mass is 415 g/mol. The molecule has 0 radical (unpaired) electrons. The van der Waals surface area contributed by atoms with E-state index >= 15 is 0 Å². The Hall–Kier alpha value is -3.06. The van der Waals surface area contributed by atoms with Crippen LogP contribution in [0, 0.1) is 32.1 Å². The van der Waals surface area contributed by atoms with Crippen molar-refractivity contribution in [3.63, 3.8) is 0 Å². The Labute approximate surface area is 186 Å². The molecule has 0 aromatic heterocycles. The molecule has 2 aromatic rings. The van der Waals surface area contributed by atoms with Gasteiger partial charge in [-0.15, -0.1) is 0 Å². The molecule has 31 heavy (non-hydrogen) atoms. The Morgan fingerprint density at radius 3 is 2.61 bits per heavy atom. The molecule has 0 bridgehead atoms. The van der Waals surface area contributed by atoms with Gasteiger partial charge >= 0.3 is 0 Å². The molecule has 1 aliphatic rings. The standard InChI is InChI=1S/C27H33N3O/c1-8-30-25-12-18(3)21(14-23(25)19(4)15-27(30,6)7)13-22(16-28)26(31)29-24-11-9-10-17(2)20(24)5/h9-14,19H,8,15H2,1-7H3,(H,29,31)/b22-13-/t19-/m1/s1. The van der Waals surface area contributed by atoms with Gasteiger partial charge in [-0.25, -0.2) is 0 Å². The van der Waals surface area contributed by atoms with Crippen molar-refractivity contribution in [2.24, 2.45) is 0 Å². The summed E-state index contributed by atoms with van der Waals surface area (Å²) in [5.41, 5.74) is 7.60. The molecule has 1 heterocycles. The fourth-order valence-corrected chi connectivity index (χ4v) is 4.79. The molecule has 162 valence electrons. The van der Waals surface area contributed by atoms with E-state index in [0.717, 1.165) is 40.9 Å². The highest BCUT2D eigenvalue weighted by Gasteiger charge is 2.35. The lowest BCUT2D eigenvalue weighted by atomic mass is 9.79. The number of hydrogen-bond acceptors (Lipinski definition) is 3. The maximum Gasteiger partial charge on any atom is 0.266 e. The Kier molecular flexibility index (Phi) is 6.27. The summed E-state index contributed by atoms with van der Waals surface area (Å²) in [5.74, 6) is 0.0348. The summed E-state index contributed by atoms with van der Waals surface area (Å²) in [5, 5.41) is 12.6. The van der Waals surface area contributed by atoms with Crippen LogP contribution in [0.15, 0.2) is 35.9 Å². The summed E-state index contributed by atoms with van der Waals surface area (Å²) in [6.07, 6.45) is 2.79. The van der Waals surface area contributed by atoms with E-state index in [1.807, 2.05) is 39.0 Å². The minimum atomic E-state index is -0.377. The quantitative estimate of drug-likeness (QED) is 0.473. The number of carbonyl (C=O) groups is 1. The topological polar surface area (TPSA) is 56.1 Å². The molecule has 0 fully saturated rings. The van der Waals surface area contributed by atoms with Gasteiger partial charge in [0.15, 0.2) is 0 Å². The lowest BCUT2D eigenvalue weighted by Gasteiger charge is -2.47. The number of nitriles is 1. The number of anilines is 2.